The van der Waals surface area contributed by atoms with Crippen molar-refractivity contribution in [3.63, 3.8) is 0 Å². The Morgan fingerprint density at radius 3 is 2.11 bits per heavy atom. The van der Waals surface area contributed by atoms with Crippen LogP contribution in [0.15, 0.2) is 35.7 Å². The Bertz CT molecular complexity index is 621. The van der Waals surface area contributed by atoms with E-state index in [-0.39, 0.29) is 13.2 Å². The van der Waals surface area contributed by atoms with E-state index in [2.05, 4.69) is 18.2 Å². The summed E-state index contributed by atoms with van der Waals surface area (Å²) in [4.78, 5) is 5.82. The molecule has 0 spiro atoms. The van der Waals surface area contributed by atoms with Gasteiger partial charge in [-0.05, 0) is 41.3 Å². The lowest BCUT2D eigenvalue weighted by Crippen LogP contribution is -1.73. The van der Waals surface area contributed by atoms with Gasteiger partial charge in [0.2, 0.25) is 0 Å². The summed E-state index contributed by atoms with van der Waals surface area (Å²) in [5.74, 6) is 0. The second-order valence-electron chi connectivity index (χ2n) is 4.07. The van der Waals surface area contributed by atoms with Gasteiger partial charge in [0.15, 0.2) is 0 Å². The molecule has 0 atom stereocenters. The van der Waals surface area contributed by atoms with Crippen LogP contribution in [0.3, 0.4) is 0 Å². The van der Waals surface area contributed by atoms with Crippen molar-refractivity contribution in [1.82, 2.24) is 0 Å². The summed E-state index contributed by atoms with van der Waals surface area (Å²) in [6, 6.07) is 10.3. The normalized spacial score (nSPS) is 11.1. The number of thiophene rings is 3. The van der Waals surface area contributed by atoms with Gasteiger partial charge in [-0.15, -0.1) is 34.0 Å². The van der Waals surface area contributed by atoms with Crippen LogP contribution in [-0.4, -0.2) is 10.2 Å². The highest BCUT2D eigenvalue weighted by Crippen LogP contribution is 2.39. The minimum absolute atomic E-state index is 0.0967. The van der Waals surface area contributed by atoms with Crippen molar-refractivity contribution in [3.8, 4) is 19.5 Å². The third-order valence-corrected chi connectivity index (χ3v) is 6.27. The summed E-state index contributed by atoms with van der Waals surface area (Å²) in [6.45, 7) is 0.202. The van der Waals surface area contributed by atoms with Crippen LogP contribution in [0, 0.1) is 0 Å². The molecule has 98 valence electrons. The lowest BCUT2D eigenvalue weighted by atomic mass is 10.3. The van der Waals surface area contributed by atoms with E-state index < -0.39 is 0 Å². The van der Waals surface area contributed by atoms with E-state index in [9.17, 15) is 0 Å². The summed E-state index contributed by atoms with van der Waals surface area (Å²) in [5.41, 5.74) is 0.966. The molecule has 0 aliphatic heterocycles. The molecule has 0 bridgehead atoms. The molecule has 0 fully saturated rings. The number of rotatable bonds is 4. The zero-order chi connectivity index (χ0) is 13.2. The van der Waals surface area contributed by atoms with Crippen molar-refractivity contribution in [2.24, 2.45) is 0 Å². The minimum Gasteiger partial charge on any atom is -0.392 e. The highest BCUT2D eigenvalue weighted by Gasteiger charge is 2.09. The number of hydrogen-bond donors (Lipinski definition) is 2. The Kier molecular flexibility index (Phi) is 3.81. The Morgan fingerprint density at radius 1 is 0.789 bits per heavy atom. The van der Waals surface area contributed by atoms with E-state index in [1.54, 1.807) is 34.0 Å². The zero-order valence-electron chi connectivity index (χ0n) is 10.00. The Morgan fingerprint density at radius 2 is 1.47 bits per heavy atom. The minimum atomic E-state index is 0.0967. The molecule has 0 unspecified atom stereocenters. The molecule has 3 aromatic heterocycles. The van der Waals surface area contributed by atoms with Gasteiger partial charge >= 0.3 is 0 Å². The topological polar surface area (TPSA) is 40.5 Å². The predicted octanol–water partition coefficient (Wildman–Crippen LogP) is 4.19. The van der Waals surface area contributed by atoms with Crippen LogP contribution in [0.4, 0.5) is 0 Å². The number of hydrogen-bond acceptors (Lipinski definition) is 5. The van der Waals surface area contributed by atoms with Crippen molar-refractivity contribution in [1.29, 1.82) is 0 Å². The van der Waals surface area contributed by atoms with E-state index in [0.29, 0.717) is 0 Å². The maximum atomic E-state index is 9.10. The summed E-state index contributed by atoms with van der Waals surface area (Å²) in [7, 11) is 0. The highest BCUT2D eigenvalue weighted by atomic mass is 32.1. The van der Waals surface area contributed by atoms with Gasteiger partial charge in [0.25, 0.3) is 0 Å². The summed E-state index contributed by atoms with van der Waals surface area (Å²) >= 11 is 5.03. The molecule has 0 aromatic carbocycles. The first-order chi connectivity index (χ1) is 9.30. The molecule has 2 nitrogen and oxygen atoms in total. The first-order valence-corrected chi connectivity index (χ1v) is 8.30. The van der Waals surface area contributed by atoms with Crippen molar-refractivity contribution >= 4 is 34.0 Å². The molecule has 0 aliphatic rings. The molecular formula is C14H12O2S3. The highest BCUT2D eigenvalue weighted by molar-refractivity contribution is 7.26. The van der Waals surface area contributed by atoms with Gasteiger partial charge in [0.05, 0.1) is 13.2 Å². The van der Waals surface area contributed by atoms with Crippen molar-refractivity contribution < 1.29 is 10.2 Å². The molecule has 3 aromatic rings. The largest absolute Gasteiger partial charge is 0.392 e. The summed E-state index contributed by atoms with van der Waals surface area (Å²) in [5, 5.41) is 20.2. The average Bonchev–Trinajstić information content (AvgIpc) is 3.16. The lowest BCUT2D eigenvalue weighted by Gasteiger charge is -1.91. The van der Waals surface area contributed by atoms with Gasteiger partial charge in [-0.1, -0.05) is 0 Å². The Labute approximate surface area is 123 Å². The van der Waals surface area contributed by atoms with E-state index in [1.165, 1.54) is 19.5 Å². The zero-order valence-corrected chi connectivity index (χ0v) is 12.4. The molecule has 3 heterocycles. The molecule has 0 amide bonds. The van der Waals surface area contributed by atoms with Gasteiger partial charge in [-0.25, -0.2) is 0 Å². The van der Waals surface area contributed by atoms with Gasteiger partial charge < -0.3 is 10.2 Å². The standard InChI is InChI=1S/C14H12O2S3/c15-6-9-5-14(17-8-9)13-4-3-12(19-13)11-2-1-10(7-16)18-11/h1-5,8,15-16H,6-7H2. The second-order valence-corrected chi connectivity index (χ2v) is 7.23. The lowest BCUT2D eigenvalue weighted by molar-refractivity contribution is 0.282. The van der Waals surface area contributed by atoms with Crippen LogP contribution in [0.25, 0.3) is 19.5 Å². The molecule has 2 N–H and O–H groups in total. The number of aliphatic hydroxyl groups excluding tert-OH is 2. The van der Waals surface area contributed by atoms with Crippen LogP contribution in [0.1, 0.15) is 10.4 Å². The SMILES string of the molecule is OCc1csc(-c2ccc(-c3ccc(CO)s3)s2)c1. The monoisotopic (exact) mass is 308 g/mol. The van der Waals surface area contributed by atoms with E-state index in [0.717, 1.165) is 10.4 Å². The van der Waals surface area contributed by atoms with Crippen LogP contribution < -0.4 is 0 Å². The van der Waals surface area contributed by atoms with Crippen LogP contribution in [-0.2, 0) is 13.2 Å². The first-order valence-electron chi connectivity index (χ1n) is 5.78. The first kappa shape index (κ1) is 13.0. The van der Waals surface area contributed by atoms with Crippen LogP contribution in [0.2, 0.25) is 0 Å². The van der Waals surface area contributed by atoms with Gasteiger partial charge in [0.1, 0.15) is 0 Å². The smallest absolute Gasteiger partial charge is 0.0774 e. The molecule has 3 rings (SSSR count). The van der Waals surface area contributed by atoms with Crippen molar-refractivity contribution in [2.45, 2.75) is 13.2 Å². The maximum Gasteiger partial charge on any atom is 0.0774 e. The van der Waals surface area contributed by atoms with E-state index in [1.807, 2.05) is 17.5 Å². The Balaban J connectivity index is 1.90. The molecule has 19 heavy (non-hydrogen) atoms. The van der Waals surface area contributed by atoms with E-state index in [4.69, 9.17) is 10.2 Å². The van der Waals surface area contributed by atoms with Gasteiger partial charge in [0, 0.05) is 24.4 Å². The van der Waals surface area contributed by atoms with Gasteiger partial charge in [-0.3, -0.25) is 0 Å². The van der Waals surface area contributed by atoms with Crippen molar-refractivity contribution in [3.05, 3.63) is 46.2 Å². The molecule has 5 heteroatoms. The maximum absolute atomic E-state index is 9.10. The molecule has 0 radical (unpaired) electrons. The summed E-state index contributed by atoms with van der Waals surface area (Å²) in [6.07, 6.45) is 0. The molecule has 0 saturated heterocycles. The van der Waals surface area contributed by atoms with Gasteiger partial charge in [-0.2, -0.15) is 0 Å². The fourth-order valence-corrected chi connectivity index (χ4v) is 4.75. The predicted molar refractivity (Wildman–Crippen MR) is 82.8 cm³/mol. The number of aliphatic hydroxyl groups is 2. The fourth-order valence-electron chi connectivity index (χ4n) is 1.79. The van der Waals surface area contributed by atoms with E-state index >= 15 is 0 Å². The van der Waals surface area contributed by atoms with Crippen LogP contribution >= 0.6 is 34.0 Å². The summed E-state index contributed by atoms with van der Waals surface area (Å²) < 4.78 is 0. The average molecular weight is 308 g/mol. The quantitative estimate of drug-likeness (QED) is 0.758. The molecule has 0 aliphatic carbocycles. The molecule has 0 saturated carbocycles. The second kappa shape index (κ2) is 5.56. The van der Waals surface area contributed by atoms with Crippen molar-refractivity contribution in [2.75, 3.05) is 0 Å². The third-order valence-electron chi connectivity index (χ3n) is 2.75. The molecular weight excluding hydrogens is 296 g/mol. The third kappa shape index (κ3) is 2.66. The fraction of sp³-hybridized carbons (Fsp3) is 0.143. The van der Waals surface area contributed by atoms with Crippen LogP contribution in [0.5, 0.6) is 0 Å². The Hall–Kier alpha value is -0.980.